The molecule has 0 amide bonds. The highest BCUT2D eigenvalue weighted by Gasteiger charge is 2.38. The third-order valence-corrected chi connectivity index (χ3v) is 5.37. The van der Waals surface area contributed by atoms with Crippen LogP contribution in [-0.4, -0.2) is 28.7 Å². The minimum Gasteiger partial charge on any atom is -0.464 e. The number of hydrogen-bond acceptors (Lipinski definition) is 4. The van der Waals surface area contributed by atoms with E-state index in [0.29, 0.717) is 6.61 Å². The summed E-state index contributed by atoms with van der Waals surface area (Å²) >= 11 is 0. The molecule has 0 saturated heterocycles. The summed E-state index contributed by atoms with van der Waals surface area (Å²) in [5, 5.41) is 0. The van der Waals surface area contributed by atoms with Crippen LogP contribution in [0.3, 0.4) is 0 Å². The third kappa shape index (κ3) is 4.34. The molecule has 4 rings (SSSR count). The number of hydrogen-bond donors (Lipinski definition) is 0. The van der Waals surface area contributed by atoms with Gasteiger partial charge in [-0.2, -0.15) is 0 Å². The molecule has 5 nitrogen and oxygen atoms in total. The smallest absolute Gasteiger partial charge is 0.332 e. The molecular weight excluding hydrogens is 400 g/mol. The maximum atomic E-state index is 11.6. The Kier molecular flexibility index (Phi) is 6.78. The molecule has 0 N–H and O–H groups in total. The molecule has 0 radical (unpaired) electrons. The molecule has 0 atom stereocenters. The molecule has 1 aromatic heterocycles. The molecule has 4 aromatic rings. The predicted molar refractivity (Wildman–Crippen MR) is 123 cm³/mol. The van der Waals surface area contributed by atoms with Crippen molar-refractivity contribution in [1.29, 1.82) is 0 Å². The Morgan fingerprint density at radius 3 is 1.81 bits per heavy atom. The molecule has 162 valence electrons. The number of esters is 1. The van der Waals surface area contributed by atoms with Crippen LogP contribution < -0.4 is 0 Å². The van der Waals surface area contributed by atoms with Crippen LogP contribution in [0.15, 0.2) is 104 Å². The van der Waals surface area contributed by atoms with E-state index in [1.165, 1.54) is 0 Å². The van der Waals surface area contributed by atoms with Crippen molar-refractivity contribution in [3.8, 4) is 0 Å². The molecule has 5 heteroatoms. The maximum absolute atomic E-state index is 11.6. The zero-order valence-electron chi connectivity index (χ0n) is 18.1. The van der Waals surface area contributed by atoms with Crippen molar-refractivity contribution in [3.63, 3.8) is 0 Å². The van der Waals surface area contributed by atoms with Gasteiger partial charge in [0.15, 0.2) is 0 Å². The van der Waals surface area contributed by atoms with Gasteiger partial charge in [0.2, 0.25) is 0 Å². The molecule has 3 aromatic carbocycles. The summed E-state index contributed by atoms with van der Waals surface area (Å²) in [5.74, 6) is -0.376. The molecule has 32 heavy (non-hydrogen) atoms. The third-order valence-electron chi connectivity index (χ3n) is 5.37. The summed E-state index contributed by atoms with van der Waals surface area (Å²) < 4.78 is 12.6. The number of imidazole rings is 1. The van der Waals surface area contributed by atoms with Gasteiger partial charge in [0.25, 0.3) is 0 Å². The molecule has 0 spiro atoms. The number of ether oxygens (including phenoxy) is 2. The summed E-state index contributed by atoms with van der Waals surface area (Å²) in [4.78, 5) is 16.2. The van der Waals surface area contributed by atoms with Crippen LogP contribution in [0.1, 0.15) is 29.3 Å². The van der Waals surface area contributed by atoms with E-state index in [1.54, 1.807) is 6.92 Å². The second-order valence-corrected chi connectivity index (χ2v) is 7.38. The summed E-state index contributed by atoms with van der Waals surface area (Å²) in [7, 11) is 0. The molecule has 0 saturated carbocycles. The largest absolute Gasteiger partial charge is 0.464 e. The topological polar surface area (TPSA) is 53.4 Å². The fourth-order valence-electron chi connectivity index (χ4n) is 4.05. The van der Waals surface area contributed by atoms with Gasteiger partial charge in [0, 0.05) is 6.20 Å². The minimum absolute atomic E-state index is 0.0953. The Bertz CT molecular complexity index is 1030. The van der Waals surface area contributed by atoms with E-state index in [2.05, 4.69) is 82.3 Å². The monoisotopic (exact) mass is 426 g/mol. The molecule has 0 aliphatic heterocycles. The molecule has 1 heterocycles. The van der Waals surface area contributed by atoms with Gasteiger partial charge >= 0.3 is 5.97 Å². The summed E-state index contributed by atoms with van der Waals surface area (Å²) in [6, 6.07) is 31.2. The van der Waals surface area contributed by atoms with Crippen molar-refractivity contribution in [1.82, 2.24) is 9.55 Å². The SMILES string of the molecule is CCOC(=O)COCc1cn(C(c2ccccc2)(c2ccccc2)c2ccccc2)cn1. The Morgan fingerprint density at radius 2 is 1.34 bits per heavy atom. The highest BCUT2D eigenvalue weighted by molar-refractivity contribution is 5.70. The number of carbonyl (C=O) groups is 1. The first-order valence-corrected chi connectivity index (χ1v) is 10.7. The Morgan fingerprint density at radius 1 is 0.844 bits per heavy atom. The standard InChI is InChI=1S/C27H26N2O3/c1-2-32-26(30)20-31-19-25-18-29(21-28-25)27(22-12-6-3-7-13-22,23-14-8-4-9-15-23)24-16-10-5-11-17-24/h3-18,21H,2,19-20H2,1H3. The molecule has 0 unspecified atom stereocenters. The number of carbonyl (C=O) groups excluding carboxylic acids is 1. The molecular formula is C27H26N2O3. The van der Waals surface area contributed by atoms with E-state index in [1.807, 2.05) is 30.7 Å². The van der Waals surface area contributed by atoms with E-state index in [4.69, 9.17) is 9.47 Å². The van der Waals surface area contributed by atoms with Crippen molar-refractivity contribution >= 4 is 5.97 Å². The summed E-state index contributed by atoms with van der Waals surface area (Å²) in [6.07, 6.45) is 3.81. The predicted octanol–water partition coefficient (Wildman–Crippen LogP) is 4.80. The van der Waals surface area contributed by atoms with E-state index < -0.39 is 5.54 Å². The van der Waals surface area contributed by atoms with Crippen LogP contribution in [0.5, 0.6) is 0 Å². The minimum atomic E-state index is -0.615. The Balaban J connectivity index is 1.79. The average molecular weight is 427 g/mol. The maximum Gasteiger partial charge on any atom is 0.332 e. The van der Waals surface area contributed by atoms with Crippen LogP contribution in [-0.2, 0) is 26.4 Å². The van der Waals surface area contributed by atoms with Gasteiger partial charge in [-0.15, -0.1) is 0 Å². The summed E-state index contributed by atoms with van der Waals surface area (Å²) in [6.45, 7) is 2.24. The van der Waals surface area contributed by atoms with Gasteiger partial charge in [-0.3, -0.25) is 0 Å². The van der Waals surface area contributed by atoms with E-state index >= 15 is 0 Å². The van der Waals surface area contributed by atoms with Crippen LogP contribution in [0.25, 0.3) is 0 Å². The zero-order chi connectivity index (χ0) is 22.2. The van der Waals surface area contributed by atoms with Crippen LogP contribution >= 0.6 is 0 Å². The first kappa shape index (κ1) is 21.5. The first-order valence-electron chi connectivity index (χ1n) is 10.7. The van der Waals surface area contributed by atoms with Crippen molar-refractivity contribution in [2.75, 3.05) is 13.2 Å². The highest BCUT2D eigenvalue weighted by Crippen LogP contribution is 2.40. The van der Waals surface area contributed by atoms with Crippen molar-refractivity contribution in [2.24, 2.45) is 0 Å². The van der Waals surface area contributed by atoms with E-state index in [-0.39, 0.29) is 19.2 Å². The number of aromatic nitrogens is 2. The lowest BCUT2D eigenvalue weighted by Crippen LogP contribution is -2.36. The van der Waals surface area contributed by atoms with Crippen molar-refractivity contribution in [3.05, 3.63) is 126 Å². The Hall–Kier alpha value is -3.70. The van der Waals surface area contributed by atoms with E-state index in [0.717, 1.165) is 22.4 Å². The second kappa shape index (κ2) is 10.1. The molecule has 0 bridgehead atoms. The van der Waals surface area contributed by atoms with Crippen LogP contribution in [0.4, 0.5) is 0 Å². The normalized spacial score (nSPS) is 11.3. The van der Waals surface area contributed by atoms with Crippen molar-refractivity contribution in [2.45, 2.75) is 19.1 Å². The second-order valence-electron chi connectivity index (χ2n) is 7.38. The molecule has 0 aliphatic rings. The van der Waals surface area contributed by atoms with Crippen LogP contribution in [0, 0.1) is 0 Å². The Labute approximate surface area is 188 Å². The lowest BCUT2D eigenvalue weighted by atomic mass is 9.77. The highest BCUT2D eigenvalue weighted by atomic mass is 16.6. The van der Waals surface area contributed by atoms with Gasteiger partial charge in [0.05, 0.1) is 25.2 Å². The lowest BCUT2D eigenvalue weighted by molar-refractivity contribution is -0.148. The fraction of sp³-hybridized carbons (Fsp3) is 0.185. The van der Waals surface area contributed by atoms with Crippen molar-refractivity contribution < 1.29 is 14.3 Å². The van der Waals surface area contributed by atoms with Crippen LogP contribution in [0.2, 0.25) is 0 Å². The first-order chi connectivity index (χ1) is 15.7. The number of benzene rings is 3. The van der Waals surface area contributed by atoms with Gasteiger partial charge in [-0.05, 0) is 23.6 Å². The number of rotatable bonds is 9. The molecule has 0 fully saturated rings. The van der Waals surface area contributed by atoms with Gasteiger partial charge in [-0.25, -0.2) is 9.78 Å². The van der Waals surface area contributed by atoms with Gasteiger partial charge < -0.3 is 14.0 Å². The molecule has 0 aliphatic carbocycles. The number of nitrogens with zero attached hydrogens (tertiary/aromatic N) is 2. The van der Waals surface area contributed by atoms with E-state index in [9.17, 15) is 4.79 Å². The van der Waals surface area contributed by atoms with Gasteiger partial charge in [0.1, 0.15) is 12.1 Å². The van der Waals surface area contributed by atoms with Gasteiger partial charge in [-0.1, -0.05) is 91.0 Å². The summed E-state index contributed by atoms with van der Waals surface area (Å²) in [5.41, 5.74) is 3.48. The average Bonchev–Trinajstić information content (AvgIpc) is 3.31. The quantitative estimate of drug-likeness (QED) is 0.285. The zero-order valence-corrected chi connectivity index (χ0v) is 18.1. The fourth-order valence-corrected chi connectivity index (χ4v) is 4.05. The lowest BCUT2D eigenvalue weighted by Gasteiger charge is -2.37.